The van der Waals surface area contributed by atoms with Crippen molar-refractivity contribution in [2.75, 3.05) is 0 Å². The third-order valence-corrected chi connectivity index (χ3v) is 3.19. The van der Waals surface area contributed by atoms with E-state index in [1.165, 1.54) is 17.8 Å². The second kappa shape index (κ2) is 4.64. The Morgan fingerprint density at radius 1 is 1.07 bits per heavy atom. The Kier molecular flexibility index (Phi) is 3.23. The largest absolute Gasteiger partial charge is 0.213 e. The first-order valence-electron chi connectivity index (χ1n) is 4.30. The highest BCUT2D eigenvalue weighted by Crippen LogP contribution is 2.31. The van der Waals surface area contributed by atoms with Gasteiger partial charge in [-0.2, -0.15) is 4.39 Å². The average molecular weight is 240 g/mol. The summed E-state index contributed by atoms with van der Waals surface area (Å²) in [4.78, 5) is 4.62. The number of halogens is 2. The molecule has 0 atom stereocenters. The molecule has 0 unspecified atom stereocenters. The van der Waals surface area contributed by atoms with E-state index in [1.54, 1.807) is 18.2 Å². The lowest BCUT2D eigenvalue weighted by atomic mass is 10.4. The van der Waals surface area contributed by atoms with E-state index in [4.69, 9.17) is 11.6 Å². The molecule has 0 aliphatic carbocycles. The number of nitrogens with zero attached hydrogens (tertiary/aromatic N) is 1. The minimum Gasteiger partial charge on any atom is -0.213 e. The molecule has 0 spiro atoms. The van der Waals surface area contributed by atoms with Gasteiger partial charge in [0.05, 0.1) is 5.02 Å². The van der Waals surface area contributed by atoms with Gasteiger partial charge in [0.1, 0.15) is 5.03 Å². The first-order valence-corrected chi connectivity index (χ1v) is 5.50. The van der Waals surface area contributed by atoms with E-state index >= 15 is 0 Å². The monoisotopic (exact) mass is 239 g/mol. The molecule has 76 valence electrons. The first kappa shape index (κ1) is 10.5. The van der Waals surface area contributed by atoms with Gasteiger partial charge in [0, 0.05) is 4.90 Å². The van der Waals surface area contributed by atoms with Crippen LogP contribution in [0.2, 0.25) is 5.02 Å². The Morgan fingerprint density at radius 3 is 2.60 bits per heavy atom. The van der Waals surface area contributed by atoms with Crippen LogP contribution in [0.25, 0.3) is 0 Å². The fourth-order valence-electron chi connectivity index (χ4n) is 1.09. The molecule has 0 saturated carbocycles. The number of benzene rings is 1. The summed E-state index contributed by atoms with van der Waals surface area (Å²) in [5, 5.41) is 1.25. The fraction of sp³-hybridized carbons (Fsp3) is 0. The Morgan fingerprint density at radius 2 is 1.87 bits per heavy atom. The molecule has 0 saturated heterocycles. The van der Waals surface area contributed by atoms with Crippen molar-refractivity contribution >= 4 is 23.4 Å². The lowest BCUT2D eigenvalue weighted by Crippen LogP contribution is -1.84. The number of hydrogen-bond donors (Lipinski definition) is 0. The molecule has 0 aliphatic heterocycles. The van der Waals surface area contributed by atoms with E-state index in [9.17, 15) is 4.39 Å². The summed E-state index contributed by atoms with van der Waals surface area (Å²) in [5.41, 5.74) is 0. The van der Waals surface area contributed by atoms with Crippen LogP contribution in [0.5, 0.6) is 0 Å². The zero-order valence-electron chi connectivity index (χ0n) is 7.65. The normalized spacial score (nSPS) is 10.3. The molecule has 0 fully saturated rings. The van der Waals surface area contributed by atoms with Crippen LogP contribution in [0.15, 0.2) is 52.4 Å². The highest BCUT2D eigenvalue weighted by molar-refractivity contribution is 7.99. The van der Waals surface area contributed by atoms with E-state index < -0.39 is 5.95 Å². The lowest BCUT2D eigenvalue weighted by molar-refractivity contribution is 0.572. The van der Waals surface area contributed by atoms with E-state index in [2.05, 4.69) is 4.98 Å². The molecule has 0 aliphatic rings. The van der Waals surface area contributed by atoms with Crippen molar-refractivity contribution < 1.29 is 4.39 Å². The van der Waals surface area contributed by atoms with Crippen molar-refractivity contribution in [3.63, 3.8) is 0 Å². The van der Waals surface area contributed by atoms with Crippen molar-refractivity contribution in [1.82, 2.24) is 4.98 Å². The van der Waals surface area contributed by atoms with Gasteiger partial charge in [-0.1, -0.05) is 41.6 Å². The van der Waals surface area contributed by atoms with Crippen molar-refractivity contribution in [1.29, 1.82) is 0 Å². The van der Waals surface area contributed by atoms with Crippen LogP contribution in [0.3, 0.4) is 0 Å². The quantitative estimate of drug-likeness (QED) is 0.734. The van der Waals surface area contributed by atoms with Crippen molar-refractivity contribution in [3.8, 4) is 0 Å². The van der Waals surface area contributed by atoms with Gasteiger partial charge < -0.3 is 0 Å². The van der Waals surface area contributed by atoms with Crippen LogP contribution >= 0.6 is 23.4 Å². The van der Waals surface area contributed by atoms with Crippen LogP contribution in [-0.4, -0.2) is 4.98 Å². The van der Waals surface area contributed by atoms with Crippen LogP contribution in [0.1, 0.15) is 0 Å². The number of aromatic nitrogens is 1. The summed E-state index contributed by atoms with van der Waals surface area (Å²) in [6.07, 6.45) is 0. The summed E-state index contributed by atoms with van der Waals surface area (Å²) in [7, 11) is 0. The van der Waals surface area contributed by atoms with Gasteiger partial charge in [-0.15, -0.1) is 0 Å². The molecule has 0 N–H and O–H groups in total. The predicted octanol–water partition coefficient (Wildman–Crippen LogP) is 4.03. The van der Waals surface area contributed by atoms with Crippen LogP contribution < -0.4 is 0 Å². The Bertz CT molecular complexity index is 476. The molecule has 1 aromatic carbocycles. The van der Waals surface area contributed by atoms with Gasteiger partial charge >= 0.3 is 0 Å². The number of rotatable bonds is 2. The summed E-state index contributed by atoms with van der Waals surface area (Å²) < 4.78 is 12.8. The Labute approximate surface area is 96.3 Å². The van der Waals surface area contributed by atoms with E-state index in [0.29, 0.717) is 10.0 Å². The Hall–Kier alpha value is -1.06. The molecule has 1 heterocycles. The van der Waals surface area contributed by atoms with Crippen LogP contribution in [0.4, 0.5) is 4.39 Å². The highest BCUT2D eigenvalue weighted by Gasteiger charge is 2.03. The second-order valence-corrected chi connectivity index (χ2v) is 4.30. The number of hydrogen-bond acceptors (Lipinski definition) is 2. The fourth-order valence-corrected chi connectivity index (χ4v) is 2.16. The minimum atomic E-state index is -0.480. The smallest absolute Gasteiger partial charge is 0.213 e. The standard InChI is InChI=1S/C11H7ClFNS/c12-8-4-1-2-5-9(8)15-11-7-3-6-10(13)14-11/h1-7H. The SMILES string of the molecule is Fc1cccc(Sc2ccccc2Cl)n1. The van der Waals surface area contributed by atoms with E-state index in [-0.39, 0.29) is 0 Å². The van der Waals surface area contributed by atoms with Crippen molar-refractivity contribution in [2.45, 2.75) is 9.92 Å². The molecule has 1 aromatic heterocycles. The van der Waals surface area contributed by atoms with E-state index in [0.717, 1.165) is 4.90 Å². The van der Waals surface area contributed by atoms with Gasteiger partial charge in [-0.05, 0) is 24.3 Å². The molecular formula is C11H7ClFNS. The third-order valence-electron chi connectivity index (χ3n) is 1.74. The van der Waals surface area contributed by atoms with Gasteiger partial charge in [-0.3, -0.25) is 0 Å². The molecule has 2 rings (SSSR count). The summed E-state index contributed by atoms with van der Waals surface area (Å²) >= 11 is 7.32. The average Bonchev–Trinajstić information content (AvgIpc) is 2.22. The predicted molar refractivity (Wildman–Crippen MR) is 59.8 cm³/mol. The number of pyridine rings is 1. The molecule has 15 heavy (non-hydrogen) atoms. The highest BCUT2D eigenvalue weighted by atomic mass is 35.5. The maximum absolute atomic E-state index is 12.8. The molecule has 2 aromatic rings. The van der Waals surface area contributed by atoms with Gasteiger partial charge in [0.25, 0.3) is 0 Å². The van der Waals surface area contributed by atoms with Gasteiger partial charge in [-0.25, -0.2) is 4.98 Å². The summed E-state index contributed by atoms with van der Waals surface area (Å²) in [6.45, 7) is 0. The molecule has 1 nitrogen and oxygen atoms in total. The first-order chi connectivity index (χ1) is 7.25. The molecule has 0 bridgehead atoms. The van der Waals surface area contributed by atoms with E-state index in [1.807, 2.05) is 18.2 Å². The van der Waals surface area contributed by atoms with Crippen LogP contribution in [-0.2, 0) is 0 Å². The summed E-state index contributed by atoms with van der Waals surface area (Å²) in [6, 6.07) is 12.1. The molecule has 4 heteroatoms. The third kappa shape index (κ3) is 2.70. The second-order valence-electron chi connectivity index (χ2n) is 2.83. The van der Waals surface area contributed by atoms with Crippen molar-refractivity contribution in [3.05, 3.63) is 53.4 Å². The topological polar surface area (TPSA) is 12.9 Å². The zero-order valence-corrected chi connectivity index (χ0v) is 9.23. The molecule has 0 radical (unpaired) electrons. The van der Waals surface area contributed by atoms with Gasteiger partial charge in [0.15, 0.2) is 0 Å². The van der Waals surface area contributed by atoms with Crippen molar-refractivity contribution in [2.24, 2.45) is 0 Å². The van der Waals surface area contributed by atoms with Gasteiger partial charge in [0.2, 0.25) is 5.95 Å². The Balaban J connectivity index is 2.26. The minimum absolute atomic E-state index is 0.480. The maximum atomic E-state index is 12.8. The van der Waals surface area contributed by atoms with Crippen LogP contribution in [0, 0.1) is 5.95 Å². The molecular weight excluding hydrogens is 233 g/mol. The maximum Gasteiger partial charge on any atom is 0.213 e. The molecule has 0 amide bonds. The zero-order chi connectivity index (χ0) is 10.7. The summed E-state index contributed by atoms with van der Waals surface area (Å²) in [5.74, 6) is -0.480. The lowest BCUT2D eigenvalue weighted by Gasteiger charge is -2.02.